The van der Waals surface area contributed by atoms with Gasteiger partial charge in [0.25, 0.3) is 0 Å². The molecular weight excluding hydrogens is 420 g/mol. The third-order valence-corrected chi connectivity index (χ3v) is 7.72. The minimum Gasteiger partial charge on any atom is -0.481 e. The van der Waals surface area contributed by atoms with E-state index in [1.807, 2.05) is 0 Å². The molecule has 2 aliphatic rings. The molecule has 1 aromatic rings. The first-order valence-electron chi connectivity index (χ1n) is 10.8. The summed E-state index contributed by atoms with van der Waals surface area (Å²) in [5, 5.41) is 30.4. The summed E-state index contributed by atoms with van der Waals surface area (Å²) in [5.41, 5.74) is -1.53. The Morgan fingerprint density at radius 1 is 1.28 bits per heavy atom. The summed E-state index contributed by atoms with van der Waals surface area (Å²) in [4.78, 5) is 49.2. The summed E-state index contributed by atoms with van der Waals surface area (Å²) in [6.45, 7) is 4.66. The van der Waals surface area contributed by atoms with Gasteiger partial charge in [-0.3, -0.25) is 19.2 Å². The molecule has 1 aromatic heterocycles. The maximum Gasteiger partial charge on any atom is 0.307 e. The zero-order valence-electron chi connectivity index (χ0n) is 18.4. The standard InChI is InChI=1S/C23H30O9/c1-12(24)32-17-9-15(21(29)30)22(2)6-4-14(8-18(26)27)23(3,20(22)19(17)28)10-16(25)13-5-7-31-11-13/h5,7,11,14-17,20,25H,4,6,8-10H2,1-3H3,(H,26,27)(H,29,30)/t14-,15+,16+,17?,20?,22+,23-/m1/s1. The van der Waals surface area contributed by atoms with Gasteiger partial charge in [0.1, 0.15) is 0 Å². The van der Waals surface area contributed by atoms with Crippen LogP contribution in [0.5, 0.6) is 0 Å². The lowest BCUT2D eigenvalue weighted by atomic mass is 9.43. The maximum absolute atomic E-state index is 13.7. The molecule has 0 aromatic carbocycles. The summed E-state index contributed by atoms with van der Waals surface area (Å²) >= 11 is 0. The van der Waals surface area contributed by atoms with Crippen LogP contribution in [0.15, 0.2) is 23.0 Å². The van der Waals surface area contributed by atoms with Gasteiger partial charge in [0.15, 0.2) is 11.9 Å². The monoisotopic (exact) mass is 450 g/mol. The van der Waals surface area contributed by atoms with Crippen LogP contribution < -0.4 is 0 Å². The number of ether oxygens (including phenoxy) is 1. The number of carbonyl (C=O) groups excluding carboxylic acids is 2. The van der Waals surface area contributed by atoms with Crippen LogP contribution in [0.3, 0.4) is 0 Å². The molecule has 0 amide bonds. The molecule has 2 saturated carbocycles. The quantitative estimate of drug-likeness (QED) is 0.532. The van der Waals surface area contributed by atoms with Crippen molar-refractivity contribution < 1.29 is 43.7 Å². The second-order valence-electron chi connectivity index (χ2n) is 9.68. The summed E-state index contributed by atoms with van der Waals surface area (Å²) in [6.07, 6.45) is 0.982. The van der Waals surface area contributed by atoms with E-state index in [0.29, 0.717) is 18.4 Å². The fourth-order valence-corrected chi connectivity index (χ4v) is 6.28. The van der Waals surface area contributed by atoms with Crippen LogP contribution in [0.2, 0.25) is 0 Å². The lowest BCUT2D eigenvalue weighted by molar-refractivity contribution is -0.192. The number of ketones is 1. The number of hydrogen-bond acceptors (Lipinski definition) is 7. The molecule has 2 unspecified atom stereocenters. The van der Waals surface area contributed by atoms with Crippen molar-refractivity contribution in [3.63, 3.8) is 0 Å². The number of aliphatic hydroxyl groups is 1. The molecule has 3 rings (SSSR count). The topological polar surface area (TPSA) is 151 Å². The predicted octanol–water partition coefficient (Wildman–Crippen LogP) is 2.82. The summed E-state index contributed by atoms with van der Waals surface area (Å²) < 4.78 is 10.3. The van der Waals surface area contributed by atoms with Gasteiger partial charge in [-0.25, -0.2) is 0 Å². The highest BCUT2D eigenvalue weighted by atomic mass is 16.5. The summed E-state index contributed by atoms with van der Waals surface area (Å²) in [7, 11) is 0. The lowest BCUT2D eigenvalue weighted by Gasteiger charge is -2.60. The zero-order chi connectivity index (χ0) is 23.8. The van der Waals surface area contributed by atoms with E-state index in [2.05, 4.69) is 0 Å². The van der Waals surface area contributed by atoms with E-state index in [-0.39, 0.29) is 19.3 Å². The Balaban J connectivity index is 2.10. The van der Waals surface area contributed by atoms with Crippen molar-refractivity contribution in [2.75, 3.05) is 0 Å². The van der Waals surface area contributed by atoms with Gasteiger partial charge >= 0.3 is 17.9 Å². The van der Waals surface area contributed by atoms with Crippen molar-refractivity contribution in [1.29, 1.82) is 0 Å². The van der Waals surface area contributed by atoms with Crippen molar-refractivity contribution in [2.45, 2.75) is 65.1 Å². The summed E-state index contributed by atoms with van der Waals surface area (Å²) in [5.74, 6) is -5.55. The Bertz CT molecular complexity index is 891. The van der Waals surface area contributed by atoms with E-state index in [1.165, 1.54) is 12.5 Å². The summed E-state index contributed by atoms with van der Waals surface area (Å²) in [6, 6.07) is 1.59. The van der Waals surface area contributed by atoms with Gasteiger partial charge in [0.05, 0.1) is 24.5 Å². The van der Waals surface area contributed by atoms with Gasteiger partial charge in [-0.1, -0.05) is 13.8 Å². The second-order valence-corrected chi connectivity index (χ2v) is 9.68. The molecule has 2 aliphatic carbocycles. The highest BCUT2D eigenvalue weighted by Gasteiger charge is 2.65. The van der Waals surface area contributed by atoms with Gasteiger partial charge in [0, 0.05) is 31.2 Å². The number of carbonyl (C=O) groups is 4. The van der Waals surface area contributed by atoms with E-state index >= 15 is 0 Å². The Labute approximate surface area is 185 Å². The average molecular weight is 450 g/mol. The van der Waals surface area contributed by atoms with Crippen LogP contribution in [-0.2, 0) is 23.9 Å². The third-order valence-electron chi connectivity index (χ3n) is 7.72. The lowest BCUT2D eigenvalue weighted by Crippen LogP contribution is -2.62. The molecule has 32 heavy (non-hydrogen) atoms. The van der Waals surface area contributed by atoms with Crippen molar-refractivity contribution in [2.24, 2.45) is 28.6 Å². The first-order valence-corrected chi connectivity index (χ1v) is 10.8. The first-order chi connectivity index (χ1) is 14.9. The van der Waals surface area contributed by atoms with E-state index < -0.39 is 64.5 Å². The molecule has 0 spiro atoms. The van der Waals surface area contributed by atoms with Gasteiger partial charge in [0.2, 0.25) is 0 Å². The van der Waals surface area contributed by atoms with Gasteiger partial charge in [-0.05, 0) is 42.1 Å². The Morgan fingerprint density at radius 2 is 1.97 bits per heavy atom. The van der Waals surface area contributed by atoms with E-state index in [0.717, 1.165) is 6.92 Å². The molecule has 176 valence electrons. The highest BCUT2D eigenvalue weighted by molar-refractivity contribution is 5.92. The Morgan fingerprint density at radius 3 is 2.50 bits per heavy atom. The molecule has 9 heteroatoms. The molecule has 1 heterocycles. The predicted molar refractivity (Wildman–Crippen MR) is 109 cm³/mol. The number of carboxylic acid groups (broad SMARTS) is 2. The minimum absolute atomic E-state index is 0.0373. The van der Waals surface area contributed by atoms with Gasteiger partial charge < -0.3 is 24.5 Å². The number of esters is 1. The molecule has 0 radical (unpaired) electrons. The second kappa shape index (κ2) is 8.69. The van der Waals surface area contributed by atoms with Crippen LogP contribution >= 0.6 is 0 Å². The maximum atomic E-state index is 13.7. The number of aliphatic carboxylic acids is 2. The molecule has 3 N–H and O–H groups in total. The number of rotatable bonds is 7. The van der Waals surface area contributed by atoms with Crippen LogP contribution in [0.4, 0.5) is 0 Å². The normalized spacial score (nSPS) is 35.6. The molecule has 9 nitrogen and oxygen atoms in total. The SMILES string of the molecule is CC(=O)OC1C[C@@H](C(=O)O)[C@]2(C)CC[C@H](CC(=O)O)[C@@](C)(C[C@H](O)c3ccoc3)C2C1=O. The number of aliphatic hydroxyl groups excluding tert-OH is 1. The van der Waals surface area contributed by atoms with Gasteiger partial charge in [-0.2, -0.15) is 0 Å². The number of Topliss-reactive ketones (excluding diaryl/α,β-unsaturated/α-hetero) is 1. The fraction of sp³-hybridized carbons (Fsp3) is 0.652. The number of furan rings is 1. The zero-order valence-corrected chi connectivity index (χ0v) is 18.4. The van der Waals surface area contributed by atoms with E-state index in [4.69, 9.17) is 9.15 Å². The molecule has 7 atom stereocenters. The van der Waals surface area contributed by atoms with E-state index in [9.17, 15) is 34.5 Å². The van der Waals surface area contributed by atoms with Crippen molar-refractivity contribution in [3.05, 3.63) is 24.2 Å². The van der Waals surface area contributed by atoms with Crippen molar-refractivity contribution in [3.8, 4) is 0 Å². The Kier molecular flexibility index (Phi) is 6.51. The largest absolute Gasteiger partial charge is 0.481 e. The molecule has 0 aliphatic heterocycles. The van der Waals surface area contributed by atoms with Crippen LogP contribution in [-0.4, -0.2) is 45.1 Å². The van der Waals surface area contributed by atoms with Crippen molar-refractivity contribution >= 4 is 23.7 Å². The molecule has 0 bridgehead atoms. The smallest absolute Gasteiger partial charge is 0.307 e. The molecular formula is C23H30O9. The number of hydrogen-bond donors (Lipinski definition) is 3. The number of fused-ring (bicyclic) bond motifs is 1. The van der Waals surface area contributed by atoms with Gasteiger partial charge in [-0.15, -0.1) is 0 Å². The van der Waals surface area contributed by atoms with Crippen LogP contribution in [0, 0.1) is 28.6 Å². The van der Waals surface area contributed by atoms with Crippen LogP contribution in [0.25, 0.3) is 0 Å². The Hall–Kier alpha value is -2.68. The molecule has 0 saturated heterocycles. The average Bonchev–Trinajstić information content (AvgIpc) is 3.20. The van der Waals surface area contributed by atoms with Crippen LogP contribution in [0.1, 0.15) is 64.5 Å². The minimum atomic E-state index is -1.22. The third kappa shape index (κ3) is 4.18. The number of carboxylic acids is 2. The fourth-order valence-electron chi connectivity index (χ4n) is 6.28. The highest BCUT2D eigenvalue weighted by Crippen LogP contribution is 2.63. The first kappa shape index (κ1) is 24.0. The van der Waals surface area contributed by atoms with E-state index in [1.54, 1.807) is 19.9 Å². The molecule has 2 fully saturated rings. The van der Waals surface area contributed by atoms with Crippen molar-refractivity contribution in [1.82, 2.24) is 0 Å².